The number of carbonyl (C=O) groups is 1. The second-order valence-corrected chi connectivity index (χ2v) is 7.14. The van der Waals surface area contributed by atoms with Crippen LogP contribution < -0.4 is 4.74 Å². The number of carboxylic acids is 1. The molecule has 0 radical (unpaired) electrons. The largest absolute Gasteiger partial charge is 0.487 e. The van der Waals surface area contributed by atoms with Gasteiger partial charge in [0.15, 0.2) is 0 Å². The van der Waals surface area contributed by atoms with Gasteiger partial charge in [-0.2, -0.15) is 0 Å². The summed E-state index contributed by atoms with van der Waals surface area (Å²) < 4.78 is 5.70. The van der Waals surface area contributed by atoms with Crippen molar-refractivity contribution in [1.29, 1.82) is 0 Å². The lowest BCUT2D eigenvalue weighted by Crippen LogP contribution is -1.95. The van der Waals surface area contributed by atoms with E-state index in [4.69, 9.17) is 33.0 Å². The Morgan fingerprint density at radius 2 is 1.92 bits per heavy atom. The molecule has 3 rings (SSSR count). The van der Waals surface area contributed by atoms with Gasteiger partial charge in [0.2, 0.25) is 0 Å². The fourth-order valence-corrected chi connectivity index (χ4v) is 3.59. The first kappa shape index (κ1) is 17.7. The second kappa shape index (κ2) is 7.44. The number of hydrogen-bond acceptors (Lipinski definition) is 4. The molecule has 7 heteroatoms. The van der Waals surface area contributed by atoms with Crippen molar-refractivity contribution in [2.75, 3.05) is 0 Å². The first-order valence-electron chi connectivity index (χ1n) is 7.32. The third kappa shape index (κ3) is 4.12. The summed E-state index contributed by atoms with van der Waals surface area (Å²) in [6.45, 7) is 2.06. The fourth-order valence-electron chi connectivity index (χ4n) is 2.22. The number of aryl methyl sites for hydroxylation is 1. The molecule has 25 heavy (non-hydrogen) atoms. The van der Waals surface area contributed by atoms with Gasteiger partial charge in [-0.05, 0) is 30.7 Å². The summed E-state index contributed by atoms with van der Waals surface area (Å²) in [5.74, 6) is -0.386. The van der Waals surface area contributed by atoms with Crippen LogP contribution in [-0.2, 0) is 6.61 Å². The number of benzene rings is 2. The quantitative estimate of drug-likeness (QED) is 0.603. The topological polar surface area (TPSA) is 59.4 Å². The van der Waals surface area contributed by atoms with Crippen LogP contribution in [0.3, 0.4) is 0 Å². The predicted molar refractivity (Wildman–Crippen MR) is 100 cm³/mol. The minimum Gasteiger partial charge on any atom is -0.487 e. The number of nitrogens with zero attached hydrogens (tertiary/aromatic N) is 1. The Morgan fingerprint density at radius 1 is 1.20 bits per heavy atom. The average molecular weight is 394 g/mol. The Morgan fingerprint density at radius 3 is 2.52 bits per heavy atom. The molecule has 0 unspecified atom stereocenters. The number of aromatic carboxylic acids is 1. The maximum absolute atomic E-state index is 11.1. The van der Waals surface area contributed by atoms with E-state index in [0.29, 0.717) is 33.1 Å². The van der Waals surface area contributed by atoms with Crippen LogP contribution in [0.15, 0.2) is 42.5 Å². The van der Waals surface area contributed by atoms with Crippen molar-refractivity contribution in [2.24, 2.45) is 0 Å². The highest BCUT2D eigenvalue weighted by atomic mass is 35.5. The van der Waals surface area contributed by atoms with Gasteiger partial charge in [-0.15, -0.1) is 11.3 Å². The van der Waals surface area contributed by atoms with Gasteiger partial charge >= 0.3 is 5.97 Å². The van der Waals surface area contributed by atoms with Crippen molar-refractivity contribution >= 4 is 40.5 Å². The number of thiazole rings is 1. The summed E-state index contributed by atoms with van der Waals surface area (Å²) in [5, 5.41) is 10.8. The number of carboxylic acid groups (broad SMARTS) is 1. The van der Waals surface area contributed by atoms with Gasteiger partial charge in [0, 0.05) is 10.6 Å². The summed E-state index contributed by atoms with van der Waals surface area (Å²) in [6, 6.07) is 12.7. The van der Waals surface area contributed by atoms with Crippen molar-refractivity contribution < 1.29 is 14.6 Å². The Balaban J connectivity index is 1.72. The molecule has 0 spiro atoms. The normalized spacial score (nSPS) is 10.7. The van der Waals surface area contributed by atoms with Crippen LogP contribution in [-0.4, -0.2) is 16.1 Å². The molecular weight excluding hydrogens is 381 g/mol. The molecule has 4 nitrogen and oxygen atoms in total. The van der Waals surface area contributed by atoms with E-state index in [-0.39, 0.29) is 4.88 Å². The monoisotopic (exact) mass is 393 g/mol. The Bertz CT molecular complexity index is 923. The first-order valence-corrected chi connectivity index (χ1v) is 8.89. The van der Waals surface area contributed by atoms with Crippen LogP contribution in [0.1, 0.15) is 20.9 Å². The minimum atomic E-state index is -0.953. The smallest absolute Gasteiger partial charge is 0.347 e. The molecular formula is C18H13Cl2NO3S. The van der Waals surface area contributed by atoms with Crippen molar-refractivity contribution in [2.45, 2.75) is 13.5 Å². The third-order valence-corrected chi connectivity index (χ3v) is 5.20. The van der Waals surface area contributed by atoms with E-state index in [1.54, 1.807) is 25.1 Å². The van der Waals surface area contributed by atoms with Gasteiger partial charge in [-0.1, -0.05) is 47.5 Å². The van der Waals surface area contributed by atoms with Crippen LogP contribution in [0.25, 0.3) is 10.6 Å². The zero-order valence-electron chi connectivity index (χ0n) is 13.1. The molecule has 0 saturated carbocycles. The molecule has 2 aromatic carbocycles. The van der Waals surface area contributed by atoms with Gasteiger partial charge in [0.1, 0.15) is 22.2 Å². The van der Waals surface area contributed by atoms with E-state index in [2.05, 4.69) is 4.98 Å². The lowest BCUT2D eigenvalue weighted by molar-refractivity contribution is 0.0701. The summed E-state index contributed by atoms with van der Waals surface area (Å²) in [4.78, 5) is 15.7. The van der Waals surface area contributed by atoms with E-state index in [1.807, 2.05) is 24.3 Å². The highest BCUT2D eigenvalue weighted by Crippen LogP contribution is 2.30. The Labute approximate surface area is 158 Å². The number of aromatic nitrogens is 1. The Kier molecular flexibility index (Phi) is 5.27. The van der Waals surface area contributed by atoms with Crippen LogP contribution in [0.2, 0.25) is 10.0 Å². The molecule has 0 fully saturated rings. The average Bonchev–Trinajstić information content (AvgIpc) is 2.97. The molecule has 0 saturated heterocycles. The van der Waals surface area contributed by atoms with Crippen molar-refractivity contribution in [3.8, 4) is 16.3 Å². The predicted octanol–water partition coefficient (Wildman–Crippen LogP) is 5.70. The lowest BCUT2D eigenvalue weighted by Gasteiger charge is -2.08. The van der Waals surface area contributed by atoms with Crippen LogP contribution in [0, 0.1) is 6.92 Å². The standard InChI is InChI=1S/C18H13Cl2NO3S/c1-10-16(18(22)23)25-17(21-10)12-4-2-11(3-5-12)9-24-15-7-6-13(19)8-14(15)20/h2-8H,9H2,1H3,(H,22,23). The molecule has 3 aromatic rings. The van der Waals surface area contributed by atoms with E-state index in [1.165, 1.54) is 11.3 Å². The molecule has 128 valence electrons. The van der Waals surface area contributed by atoms with Crippen LogP contribution in [0.4, 0.5) is 0 Å². The zero-order valence-corrected chi connectivity index (χ0v) is 15.5. The highest BCUT2D eigenvalue weighted by molar-refractivity contribution is 7.17. The van der Waals surface area contributed by atoms with Crippen molar-refractivity contribution in [3.63, 3.8) is 0 Å². The number of rotatable bonds is 5. The maximum Gasteiger partial charge on any atom is 0.347 e. The van der Waals surface area contributed by atoms with E-state index in [0.717, 1.165) is 11.1 Å². The number of halogens is 2. The third-order valence-electron chi connectivity index (χ3n) is 3.48. The van der Waals surface area contributed by atoms with E-state index >= 15 is 0 Å². The SMILES string of the molecule is Cc1nc(-c2ccc(COc3ccc(Cl)cc3Cl)cc2)sc1C(=O)O. The van der Waals surface area contributed by atoms with Crippen molar-refractivity contribution in [3.05, 3.63) is 68.6 Å². The zero-order chi connectivity index (χ0) is 18.0. The van der Waals surface area contributed by atoms with Crippen LogP contribution >= 0.6 is 34.5 Å². The molecule has 0 amide bonds. The molecule has 0 bridgehead atoms. The number of hydrogen-bond donors (Lipinski definition) is 1. The van der Waals surface area contributed by atoms with Crippen molar-refractivity contribution in [1.82, 2.24) is 4.98 Å². The van der Waals surface area contributed by atoms with Gasteiger partial charge in [0.25, 0.3) is 0 Å². The molecule has 0 aliphatic rings. The fraction of sp³-hybridized carbons (Fsp3) is 0.111. The summed E-state index contributed by atoms with van der Waals surface area (Å²) >= 11 is 13.1. The highest BCUT2D eigenvalue weighted by Gasteiger charge is 2.15. The second-order valence-electron chi connectivity index (χ2n) is 5.30. The molecule has 0 aliphatic carbocycles. The summed E-state index contributed by atoms with van der Waals surface area (Å²) in [6.07, 6.45) is 0. The summed E-state index contributed by atoms with van der Waals surface area (Å²) in [5.41, 5.74) is 2.35. The molecule has 1 N–H and O–H groups in total. The van der Waals surface area contributed by atoms with E-state index < -0.39 is 5.97 Å². The van der Waals surface area contributed by atoms with Gasteiger partial charge in [-0.3, -0.25) is 0 Å². The number of ether oxygens (including phenoxy) is 1. The molecule has 1 aromatic heterocycles. The van der Waals surface area contributed by atoms with Gasteiger partial charge in [0.05, 0.1) is 10.7 Å². The molecule has 1 heterocycles. The maximum atomic E-state index is 11.1. The summed E-state index contributed by atoms with van der Waals surface area (Å²) in [7, 11) is 0. The first-order chi connectivity index (χ1) is 11.9. The van der Waals surface area contributed by atoms with E-state index in [9.17, 15) is 4.79 Å². The molecule has 0 atom stereocenters. The van der Waals surface area contributed by atoms with Gasteiger partial charge < -0.3 is 9.84 Å². The molecule has 0 aliphatic heterocycles. The minimum absolute atomic E-state index is 0.264. The van der Waals surface area contributed by atoms with Crippen LogP contribution in [0.5, 0.6) is 5.75 Å². The lowest BCUT2D eigenvalue weighted by atomic mass is 10.1. The van der Waals surface area contributed by atoms with Gasteiger partial charge in [-0.25, -0.2) is 9.78 Å². The Hall–Kier alpha value is -2.08.